The predicted molar refractivity (Wildman–Crippen MR) is 117 cm³/mol. The maximum Gasteiger partial charge on any atom is 0.261 e. The van der Waals surface area contributed by atoms with Crippen LogP contribution in [-0.2, 0) is 14.8 Å². The van der Waals surface area contributed by atoms with Crippen LogP contribution in [0.2, 0.25) is 0 Å². The zero-order valence-electron chi connectivity index (χ0n) is 16.5. The molecule has 6 nitrogen and oxygen atoms in total. The molecule has 0 bridgehead atoms. The summed E-state index contributed by atoms with van der Waals surface area (Å²) in [6.07, 6.45) is 0. The molecule has 0 fully saturated rings. The number of sulfonamides is 1. The number of halogens is 1. The van der Waals surface area contributed by atoms with Crippen LogP contribution in [0.3, 0.4) is 0 Å². The number of carbonyl (C=O) groups is 1. The number of aryl methyl sites for hydroxylation is 1. The summed E-state index contributed by atoms with van der Waals surface area (Å²) in [4.78, 5) is 12.3. The van der Waals surface area contributed by atoms with Crippen molar-refractivity contribution in [3.05, 3.63) is 84.2 Å². The number of benzene rings is 3. The zero-order valence-corrected chi connectivity index (χ0v) is 17.3. The van der Waals surface area contributed by atoms with E-state index in [2.05, 4.69) is 15.4 Å². The van der Waals surface area contributed by atoms with Gasteiger partial charge in [0.05, 0.1) is 4.90 Å². The van der Waals surface area contributed by atoms with Crippen LogP contribution in [0, 0.1) is 12.7 Å². The summed E-state index contributed by atoms with van der Waals surface area (Å²) in [7, 11) is -3.82. The van der Waals surface area contributed by atoms with Gasteiger partial charge in [0.25, 0.3) is 10.0 Å². The van der Waals surface area contributed by atoms with Crippen molar-refractivity contribution in [3.8, 4) is 0 Å². The van der Waals surface area contributed by atoms with E-state index in [4.69, 9.17) is 0 Å². The maximum atomic E-state index is 13.0. The number of rotatable bonds is 7. The third kappa shape index (κ3) is 5.57. The summed E-state index contributed by atoms with van der Waals surface area (Å²) >= 11 is 0. The summed E-state index contributed by atoms with van der Waals surface area (Å²) in [5, 5.41) is 5.90. The summed E-state index contributed by atoms with van der Waals surface area (Å²) < 4.78 is 40.1. The quantitative estimate of drug-likeness (QED) is 0.522. The highest BCUT2D eigenvalue weighted by molar-refractivity contribution is 7.92. The van der Waals surface area contributed by atoms with Crippen molar-refractivity contribution in [2.75, 3.05) is 15.4 Å². The molecule has 0 spiro atoms. The van der Waals surface area contributed by atoms with E-state index in [9.17, 15) is 17.6 Å². The minimum atomic E-state index is -3.82. The molecule has 1 amide bonds. The predicted octanol–water partition coefficient (Wildman–Crippen LogP) is 4.37. The lowest BCUT2D eigenvalue weighted by Crippen LogP contribution is -2.31. The van der Waals surface area contributed by atoms with Crippen LogP contribution in [0.5, 0.6) is 0 Å². The van der Waals surface area contributed by atoms with E-state index in [1.165, 1.54) is 12.1 Å². The number of anilines is 3. The van der Waals surface area contributed by atoms with E-state index >= 15 is 0 Å². The third-order valence-electron chi connectivity index (χ3n) is 4.36. The summed E-state index contributed by atoms with van der Waals surface area (Å²) in [5.41, 5.74) is 2.83. The molecule has 0 heterocycles. The van der Waals surface area contributed by atoms with Gasteiger partial charge in [-0.2, -0.15) is 0 Å². The molecule has 30 heavy (non-hydrogen) atoms. The van der Waals surface area contributed by atoms with Crippen molar-refractivity contribution in [3.63, 3.8) is 0 Å². The Morgan fingerprint density at radius 2 is 1.37 bits per heavy atom. The first kappa shape index (κ1) is 21.3. The number of hydrogen-bond donors (Lipinski definition) is 3. The Hall–Kier alpha value is -3.39. The Bertz CT molecular complexity index is 1110. The molecule has 156 valence electrons. The molecule has 1 unspecified atom stereocenters. The SMILES string of the molecule is Cc1ccc(NC(=O)C(C)Nc2ccc(NS(=O)(=O)c3ccc(F)cc3)cc2)cc1. The second-order valence-electron chi connectivity index (χ2n) is 6.86. The summed E-state index contributed by atoms with van der Waals surface area (Å²) in [6.45, 7) is 3.70. The molecule has 3 rings (SSSR count). The molecule has 3 aromatic rings. The Morgan fingerprint density at radius 1 is 0.833 bits per heavy atom. The van der Waals surface area contributed by atoms with Crippen molar-refractivity contribution in [1.82, 2.24) is 0 Å². The third-order valence-corrected chi connectivity index (χ3v) is 5.75. The number of nitrogens with one attached hydrogen (secondary N) is 3. The molecule has 3 aromatic carbocycles. The van der Waals surface area contributed by atoms with Crippen molar-refractivity contribution in [1.29, 1.82) is 0 Å². The Kier molecular flexibility index (Phi) is 6.37. The first-order chi connectivity index (χ1) is 14.2. The van der Waals surface area contributed by atoms with Crippen LogP contribution in [-0.4, -0.2) is 20.4 Å². The minimum absolute atomic E-state index is 0.0347. The second kappa shape index (κ2) is 8.96. The average Bonchev–Trinajstić information content (AvgIpc) is 2.71. The van der Waals surface area contributed by atoms with Gasteiger partial charge in [-0.3, -0.25) is 9.52 Å². The highest BCUT2D eigenvalue weighted by Gasteiger charge is 2.15. The second-order valence-corrected chi connectivity index (χ2v) is 8.54. The first-order valence-electron chi connectivity index (χ1n) is 9.25. The average molecular weight is 428 g/mol. The Balaban J connectivity index is 1.60. The molecule has 0 saturated heterocycles. The van der Waals surface area contributed by atoms with Gasteiger partial charge in [-0.05, 0) is 74.5 Å². The van der Waals surface area contributed by atoms with Crippen LogP contribution in [0.4, 0.5) is 21.5 Å². The fourth-order valence-electron chi connectivity index (χ4n) is 2.67. The van der Waals surface area contributed by atoms with Gasteiger partial charge in [0, 0.05) is 17.1 Å². The van der Waals surface area contributed by atoms with Crippen molar-refractivity contribution < 1.29 is 17.6 Å². The fraction of sp³-hybridized carbons (Fsp3) is 0.136. The van der Waals surface area contributed by atoms with E-state index in [0.29, 0.717) is 17.1 Å². The van der Waals surface area contributed by atoms with Crippen LogP contribution in [0.15, 0.2) is 77.7 Å². The molecule has 0 saturated carbocycles. The van der Waals surface area contributed by atoms with Gasteiger partial charge >= 0.3 is 0 Å². The van der Waals surface area contributed by atoms with E-state index in [0.717, 1.165) is 17.7 Å². The highest BCUT2D eigenvalue weighted by atomic mass is 32.2. The fourth-order valence-corrected chi connectivity index (χ4v) is 3.72. The number of amides is 1. The summed E-state index contributed by atoms with van der Waals surface area (Å²) in [6, 6.07) is 18.0. The van der Waals surface area contributed by atoms with E-state index in [1.54, 1.807) is 31.2 Å². The van der Waals surface area contributed by atoms with Gasteiger partial charge < -0.3 is 10.6 Å². The van der Waals surface area contributed by atoms with E-state index < -0.39 is 21.9 Å². The normalized spacial score (nSPS) is 12.1. The molecule has 0 aliphatic carbocycles. The lowest BCUT2D eigenvalue weighted by molar-refractivity contribution is -0.116. The first-order valence-corrected chi connectivity index (χ1v) is 10.7. The van der Waals surface area contributed by atoms with Gasteiger partial charge in [-0.1, -0.05) is 17.7 Å². The molecule has 0 aromatic heterocycles. The standard InChI is InChI=1S/C22H22FN3O3S/c1-15-3-7-19(8-4-15)25-22(27)16(2)24-18-9-11-20(12-10-18)26-30(28,29)21-13-5-17(23)6-14-21/h3-14,16,24,26H,1-2H3,(H,25,27). The molecular formula is C22H22FN3O3S. The van der Waals surface area contributed by atoms with Crippen molar-refractivity contribution >= 4 is 33.0 Å². The van der Waals surface area contributed by atoms with Crippen LogP contribution < -0.4 is 15.4 Å². The van der Waals surface area contributed by atoms with Crippen molar-refractivity contribution in [2.24, 2.45) is 0 Å². The van der Waals surface area contributed by atoms with Gasteiger partial charge in [0.15, 0.2) is 0 Å². The van der Waals surface area contributed by atoms with E-state index in [1.807, 2.05) is 31.2 Å². The largest absolute Gasteiger partial charge is 0.374 e. The smallest absolute Gasteiger partial charge is 0.261 e. The van der Waals surface area contributed by atoms with Crippen LogP contribution >= 0.6 is 0 Å². The topological polar surface area (TPSA) is 87.3 Å². The van der Waals surface area contributed by atoms with Gasteiger partial charge in [-0.15, -0.1) is 0 Å². The zero-order chi connectivity index (χ0) is 21.7. The maximum absolute atomic E-state index is 13.0. The lowest BCUT2D eigenvalue weighted by Gasteiger charge is -2.16. The van der Waals surface area contributed by atoms with Crippen LogP contribution in [0.25, 0.3) is 0 Å². The highest BCUT2D eigenvalue weighted by Crippen LogP contribution is 2.19. The summed E-state index contributed by atoms with van der Waals surface area (Å²) in [5.74, 6) is -0.704. The molecule has 3 N–H and O–H groups in total. The Labute approximate surface area is 175 Å². The van der Waals surface area contributed by atoms with Gasteiger partial charge in [-0.25, -0.2) is 12.8 Å². The van der Waals surface area contributed by atoms with Crippen molar-refractivity contribution in [2.45, 2.75) is 24.8 Å². The van der Waals surface area contributed by atoms with E-state index in [-0.39, 0.29) is 10.8 Å². The monoisotopic (exact) mass is 427 g/mol. The Morgan fingerprint density at radius 3 is 1.97 bits per heavy atom. The number of hydrogen-bond acceptors (Lipinski definition) is 4. The molecule has 0 aliphatic rings. The molecule has 8 heteroatoms. The van der Waals surface area contributed by atoms with Crippen LogP contribution in [0.1, 0.15) is 12.5 Å². The minimum Gasteiger partial charge on any atom is -0.374 e. The molecule has 0 aliphatic heterocycles. The number of carbonyl (C=O) groups excluding carboxylic acids is 1. The van der Waals surface area contributed by atoms with Gasteiger partial charge in [0.1, 0.15) is 11.9 Å². The molecule has 0 radical (unpaired) electrons. The lowest BCUT2D eigenvalue weighted by atomic mass is 10.2. The van der Waals surface area contributed by atoms with Gasteiger partial charge in [0.2, 0.25) is 5.91 Å². The molecule has 1 atom stereocenters. The molecular weight excluding hydrogens is 405 g/mol.